The lowest BCUT2D eigenvalue weighted by atomic mass is 9.88. The van der Waals surface area contributed by atoms with Gasteiger partial charge in [-0.1, -0.05) is 132 Å². The SMILES string of the molecule is Brc1ccc(N(c2ccccc2)c2ccccc2)cc1.C1CCNCC1.N#C/C(=C/c1ccc(-c2ccc(N(c3ccccc3)c3ccccc3)cc2)o1)C(=O)O.N#CCC(=O)O.O=Cc1ccc(-c2ccc(N(c3ccccc3)c3ccccc3)cc2)o1.O=Cc1ccc(B(O)O)o1. The first-order valence-corrected chi connectivity index (χ1v) is 32.0. The molecule has 12 aromatic rings. The number of para-hydroxylation sites is 6. The van der Waals surface area contributed by atoms with Crippen molar-refractivity contribution in [3.63, 3.8) is 0 Å². The quantitative estimate of drug-likeness (QED) is 0.0246. The van der Waals surface area contributed by atoms with Gasteiger partial charge in [0, 0.05) is 72.9 Å². The number of hydrogen-bond donors (Lipinski definition) is 5. The number of piperidine rings is 1. The van der Waals surface area contributed by atoms with Crippen LogP contribution >= 0.6 is 15.9 Å². The molecule has 1 fully saturated rings. The molecule has 3 aromatic heterocycles. The van der Waals surface area contributed by atoms with Gasteiger partial charge in [0.25, 0.3) is 0 Å². The number of aldehydes is 2. The van der Waals surface area contributed by atoms with Crippen LogP contribution in [0.1, 0.15) is 52.6 Å². The summed E-state index contributed by atoms with van der Waals surface area (Å²) < 4.78 is 16.9. The molecule has 19 heteroatoms. The van der Waals surface area contributed by atoms with Crippen LogP contribution in [0.25, 0.3) is 28.7 Å². The van der Waals surface area contributed by atoms with E-state index in [1.807, 2.05) is 127 Å². The summed E-state index contributed by atoms with van der Waals surface area (Å²) in [6.45, 7) is 2.50. The van der Waals surface area contributed by atoms with Gasteiger partial charge in [0.1, 0.15) is 41.0 Å². The van der Waals surface area contributed by atoms with Gasteiger partial charge in [0.15, 0.2) is 24.1 Å². The number of nitriles is 2. The molecule has 0 spiro atoms. The minimum Gasteiger partial charge on any atom is -0.480 e. The molecule has 0 bridgehead atoms. The molecule has 17 nitrogen and oxygen atoms in total. The normalized spacial score (nSPS) is 11.1. The van der Waals surface area contributed by atoms with Crippen molar-refractivity contribution in [2.75, 3.05) is 27.8 Å². The van der Waals surface area contributed by atoms with Crippen LogP contribution in [0.4, 0.5) is 51.2 Å². The molecule has 9 aromatic carbocycles. The average molecular weight is 1380 g/mol. The van der Waals surface area contributed by atoms with Crippen molar-refractivity contribution in [1.82, 2.24) is 5.32 Å². The second-order valence-electron chi connectivity index (χ2n) is 21.4. The summed E-state index contributed by atoms with van der Waals surface area (Å²) in [5, 5.41) is 53.4. The van der Waals surface area contributed by atoms with Gasteiger partial charge in [-0.15, -0.1) is 0 Å². The Bertz CT molecular complexity index is 4400. The van der Waals surface area contributed by atoms with Gasteiger partial charge in [-0.05, 0) is 208 Å². The maximum atomic E-state index is 11.0. The van der Waals surface area contributed by atoms with E-state index in [2.05, 4.69) is 174 Å². The van der Waals surface area contributed by atoms with Crippen molar-refractivity contribution in [3.05, 3.63) is 319 Å². The summed E-state index contributed by atoms with van der Waals surface area (Å²) >= 11 is 3.49. The van der Waals surface area contributed by atoms with E-state index in [-0.39, 0.29) is 17.0 Å². The van der Waals surface area contributed by atoms with Crippen molar-refractivity contribution in [2.45, 2.75) is 25.7 Å². The number of nitrogens with one attached hydrogen (secondary N) is 1. The topological polar surface area (TPSA) is 258 Å². The Labute approximate surface area is 582 Å². The number of carboxylic acids is 2. The molecular weight excluding hydrogens is 1310 g/mol. The molecule has 0 radical (unpaired) electrons. The number of hydrogen-bond acceptors (Lipinski definition) is 15. The Hall–Kier alpha value is -12.4. The number of carboxylic acid groups (broad SMARTS) is 2. The molecule has 1 aliphatic rings. The molecule has 13 rings (SSSR count). The fourth-order valence-electron chi connectivity index (χ4n) is 9.82. The number of rotatable bonds is 17. The molecular formula is C80H68BBrN6O11. The van der Waals surface area contributed by atoms with Crippen LogP contribution in [0.2, 0.25) is 0 Å². The van der Waals surface area contributed by atoms with Gasteiger partial charge in [0.05, 0.1) is 6.07 Å². The van der Waals surface area contributed by atoms with Crippen LogP contribution < -0.4 is 25.7 Å². The first-order chi connectivity index (χ1) is 48.3. The number of anilines is 9. The van der Waals surface area contributed by atoms with Crippen molar-refractivity contribution < 1.29 is 52.7 Å². The molecule has 0 aliphatic carbocycles. The second kappa shape index (κ2) is 38.9. The predicted octanol–water partition coefficient (Wildman–Crippen LogP) is 18.1. The molecule has 99 heavy (non-hydrogen) atoms. The highest BCUT2D eigenvalue weighted by atomic mass is 79.9. The smallest absolute Gasteiger partial charge is 0.480 e. The van der Waals surface area contributed by atoms with E-state index in [4.69, 9.17) is 39.6 Å². The average Bonchev–Trinajstić information content (AvgIpc) is 1.12. The third kappa shape index (κ3) is 22.4. The molecule has 494 valence electrons. The van der Waals surface area contributed by atoms with Gasteiger partial charge in [0.2, 0.25) is 0 Å². The van der Waals surface area contributed by atoms with E-state index < -0.39 is 25.5 Å². The zero-order valence-electron chi connectivity index (χ0n) is 53.5. The van der Waals surface area contributed by atoms with Gasteiger partial charge in [-0.25, -0.2) is 4.79 Å². The lowest BCUT2D eigenvalue weighted by Crippen LogP contribution is -2.27. The van der Waals surface area contributed by atoms with Crippen LogP contribution in [-0.2, 0) is 9.59 Å². The summed E-state index contributed by atoms with van der Waals surface area (Å²) in [4.78, 5) is 47.8. The Balaban J connectivity index is 0.000000166. The zero-order valence-corrected chi connectivity index (χ0v) is 55.1. The number of carbonyl (C=O) groups excluding carboxylic acids is 2. The van der Waals surface area contributed by atoms with Crippen molar-refractivity contribution in [3.8, 4) is 34.8 Å². The summed E-state index contributed by atoms with van der Waals surface area (Å²) in [5.74, 6) is -0.351. The van der Waals surface area contributed by atoms with Crippen LogP contribution in [0.5, 0.6) is 0 Å². The van der Waals surface area contributed by atoms with Crippen molar-refractivity contribution in [2.24, 2.45) is 0 Å². The predicted molar refractivity (Wildman–Crippen MR) is 392 cm³/mol. The number of halogens is 1. The van der Waals surface area contributed by atoms with Gasteiger partial charge >= 0.3 is 19.1 Å². The van der Waals surface area contributed by atoms with E-state index in [0.717, 1.165) is 66.8 Å². The third-order valence-corrected chi connectivity index (χ3v) is 15.0. The molecule has 5 N–H and O–H groups in total. The lowest BCUT2D eigenvalue weighted by molar-refractivity contribution is -0.136. The summed E-state index contributed by atoms with van der Waals surface area (Å²) in [6.07, 6.45) is 6.23. The van der Waals surface area contributed by atoms with Gasteiger partial charge < -0.3 is 53.5 Å². The number of aliphatic carboxylic acids is 2. The Morgan fingerprint density at radius 1 is 0.434 bits per heavy atom. The number of furan rings is 3. The highest BCUT2D eigenvalue weighted by Crippen LogP contribution is 2.38. The van der Waals surface area contributed by atoms with E-state index in [1.54, 1.807) is 24.3 Å². The van der Waals surface area contributed by atoms with Crippen molar-refractivity contribution >= 4 is 110 Å². The number of carbonyl (C=O) groups is 4. The first kappa shape index (κ1) is 72.5. The van der Waals surface area contributed by atoms with Gasteiger partial charge in [-0.3, -0.25) is 14.4 Å². The highest BCUT2D eigenvalue weighted by molar-refractivity contribution is 9.10. The monoisotopic (exact) mass is 1380 g/mol. The fourth-order valence-corrected chi connectivity index (χ4v) is 10.1. The standard InChI is InChI=1S/C26H18N2O3.C23H17NO2.C18H14BrN.C5H5BO4.C5H11N.C3H3NO2/c27-18-20(26(29)30)17-24-15-16-25(31-24)19-11-13-23(14-12-19)28(21-7-3-1-4-8-21)22-9-5-2-6-10-22;25-17-22-15-16-23(26-22)18-11-13-21(14-12-18)24(19-7-3-1-4-8-19)20-9-5-2-6-10-20;19-15-11-13-18(14-12-15)20(16-7-3-1-4-8-16)17-9-5-2-6-10-17;7-3-4-1-2-5(10-4)6(8)9;1-2-4-6-5-3-1;4-2-1-3(5)6/h1-17H,(H,29,30);1-17H;1-14H;1-3,8-9H;6H,1-5H2;1H2,(H,5,6)/b20-17-;;;;;. The third-order valence-electron chi connectivity index (χ3n) is 14.5. The summed E-state index contributed by atoms with van der Waals surface area (Å²) in [6, 6.07) is 98.6. The van der Waals surface area contributed by atoms with E-state index in [0.29, 0.717) is 35.6 Å². The molecule has 4 heterocycles. The van der Waals surface area contributed by atoms with E-state index >= 15 is 0 Å². The number of nitrogens with zero attached hydrogens (tertiary/aromatic N) is 5. The Kier molecular flexibility index (Phi) is 28.5. The van der Waals surface area contributed by atoms with Crippen LogP contribution in [0.15, 0.2) is 314 Å². The molecule has 1 saturated heterocycles. The van der Waals surface area contributed by atoms with E-state index in [9.17, 15) is 19.2 Å². The summed E-state index contributed by atoms with van der Waals surface area (Å²) in [5.41, 5.74) is 11.1. The van der Waals surface area contributed by atoms with Crippen molar-refractivity contribution in [1.29, 1.82) is 10.5 Å². The van der Waals surface area contributed by atoms with Gasteiger partial charge in [-0.2, -0.15) is 10.5 Å². The largest absolute Gasteiger partial charge is 0.526 e. The maximum absolute atomic E-state index is 11.0. The molecule has 0 amide bonds. The lowest BCUT2D eigenvalue weighted by Gasteiger charge is -2.25. The molecule has 0 saturated carbocycles. The molecule has 0 atom stereocenters. The fraction of sp³-hybridized carbons (Fsp3) is 0.0750. The van der Waals surface area contributed by atoms with Crippen LogP contribution in [0.3, 0.4) is 0 Å². The van der Waals surface area contributed by atoms with Crippen LogP contribution in [-0.4, -0.2) is 65.0 Å². The molecule has 0 unspecified atom stereocenters. The summed E-state index contributed by atoms with van der Waals surface area (Å²) in [7, 11) is -1.64. The zero-order chi connectivity index (χ0) is 70.0. The first-order valence-electron chi connectivity index (χ1n) is 31.2. The minimum atomic E-state index is -1.64. The Morgan fingerprint density at radius 3 is 1.01 bits per heavy atom. The number of benzene rings is 9. The van der Waals surface area contributed by atoms with E-state index in [1.165, 1.54) is 56.6 Å². The highest BCUT2D eigenvalue weighted by Gasteiger charge is 2.18. The molecule has 1 aliphatic heterocycles. The minimum absolute atomic E-state index is 0.0258. The van der Waals surface area contributed by atoms with Crippen LogP contribution in [0, 0.1) is 22.7 Å². The maximum Gasteiger partial charge on any atom is 0.526 e. The second-order valence-corrected chi connectivity index (χ2v) is 22.3. The Morgan fingerprint density at radius 2 is 0.758 bits per heavy atom.